The maximum atomic E-state index is 13.4. The highest BCUT2D eigenvalue weighted by Gasteiger charge is 2.51. The fraction of sp³-hybridized carbons (Fsp3) is 0.229. The molecule has 0 saturated carbocycles. The average molecular weight is 757 g/mol. The van der Waals surface area contributed by atoms with Crippen molar-refractivity contribution in [3.8, 4) is 57.5 Å². The topological polar surface area (TPSA) is 320 Å². The number of aliphatic hydroxyl groups is 1. The van der Waals surface area contributed by atoms with E-state index in [0.29, 0.717) is 29.8 Å². The van der Waals surface area contributed by atoms with E-state index in [9.17, 15) is 70.6 Å². The molecule has 1 fully saturated rings. The molecule has 11 N–H and O–H groups in total. The van der Waals surface area contributed by atoms with Crippen LogP contribution in [0.3, 0.4) is 0 Å². The Morgan fingerprint density at radius 3 is 1.43 bits per heavy atom. The first-order valence-corrected chi connectivity index (χ1v) is 15.6. The van der Waals surface area contributed by atoms with Crippen molar-refractivity contribution >= 4 is 17.9 Å². The zero-order valence-electron chi connectivity index (χ0n) is 27.5. The molecule has 0 aromatic heterocycles. The molecule has 5 atom stereocenters. The smallest absolute Gasteiger partial charge is 0.338 e. The van der Waals surface area contributed by atoms with Gasteiger partial charge in [0.15, 0.2) is 70.2 Å². The van der Waals surface area contributed by atoms with Crippen molar-refractivity contribution in [3.63, 3.8) is 0 Å². The number of phenols is 10. The summed E-state index contributed by atoms with van der Waals surface area (Å²) in [6.07, 6.45) is -9.24. The molecule has 0 aliphatic carbocycles. The van der Waals surface area contributed by atoms with Crippen molar-refractivity contribution in [1.29, 1.82) is 0 Å². The quantitative estimate of drug-likeness (QED) is 0.0589. The minimum atomic E-state index is -2.02. The number of rotatable bonds is 11. The summed E-state index contributed by atoms with van der Waals surface area (Å²) in [5.74, 6) is -12.4. The van der Waals surface area contributed by atoms with Crippen LogP contribution in [-0.2, 0) is 30.1 Å². The molecule has 19 heteroatoms. The minimum absolute atomic E-state index is 0.000867. The number of hydrogen-bond acceptors (Lipinski definition) is 19. The lowest BCUT2D eigenvalue weighted by molar-refractivity contribution is -0.299. The van der Waals surface area contributed by atoms with E-state index in [-0.39, 0.29) is 18.8 Å². The van der Waals surface area contributed by atoms with E-state index in [4.69, 9.17) is 23.7 Å². The summed E-state index contributed by atoms with van der Waals surface area (Å²) in [7, 11) is 0. The molecule has 1 aliphatic rings. The van der Waals surface area contributed by atoms with Gasteiger partial charge in [-0.15, -0.1) is 0 Å². The first kappa shape index (κ1) is 38.4. The summed E-state index contributed by atoms with van der Waals surface area (Å²) in [6.45, 7) is -1.08. The standard InChI is InChI=1S/C35H32O19/c36-18-3-1-14(2-4-18)5-6-50-35-29(46)31(54-34(49)17-11-23(41)28(45)24(42)12-17)30(53-33(48)16-9-21(39)27(44)22(40)10-16)25(52-35)13-51-32(47)15-7-19(37)26(43)20(38)8-15/h1-4,7-12,25,29-31,35-46H,5-6,13H2/t25-,29-,30-,31-,35-/m1/s1. The van der Waals surface area contributed by atoms with Crippen LogP contribution in [0.2, 0.25) is 0 Å². The van der Waals surface area contributed by atoms with Crippen molar-refractivity contribution < 1.29 is 94.2 Å². The van der Waals surface area contributed by atoms with Gasteiger partial charge in [-0.05, 0) is 60.5 Å². The summed E-state index contributed by atoms with van der Waals surface area (Å²) in [6, 6.07) is 10.3. The third kappa shape index (κ3) is 8.44. The highest BCUT2D eigenvalue weighted by Crippen LogP contribution is 2.39. The molecule has 1 saturated heterocycles. The van der Waals surface area contributed by atoms with Gasteiger partial charge in [-0.3, -0.25) is 0 Å². The maximum Gasteiger partial charge on any atom is 0.338 e. The van der Waals surface area contributed by atoms with Crippen LogP contribution in [0.5, 0.6) is 57.5 Å². The molecule has 0 spiro atoms. The second-order valence-electron chi connectivity index (χ2n) is 11.7. The normalized spacial score (nSPS) is 19.5. The number of hydrogen-bond donors (Lipinski definition) is 11. The third-order valence-corrected chi connectivity index (χ3v) is 8.00. The number of aliphatic hydroxyl groups excluding tert-OH is 1. The van der Waals surface area contributed by atoms with E-state index < -0.39 is 124 Å². The van der Waals surface area contributed by atoms with Gasteiger partial charge >= 0.3 is 17.9 Å². The molecular formula is C35H32O19. The molecule has 19 nitrogen and oxygen atoms in total. The van der Waals surface area contributed by atoms with E-state index in [2.05, 4.69) is 0 Å². The second kappa shape index (κ2) is 15.8. The van der Waals surface area contributed by atoms with Crippen molar-refractivity contribution in [2.75, 3.05) is 13.2 Å². The third-order valence-electron chi connectivity index (χ3n) is 8.00. The summed E-state index contributed by atoms with van der Waals surface area (Å²) < 4.78 is 27.9. The fourth-order valence-electron chi connectivity index (χ4n) is 5.19. The molecule has 54 heavy (non-hydrogen) atoms. The Balaban J connectivity index is 1.49. The van der Waals surface area contributed by atoms with E-state index in [1.807, 2.05) is 0 Å². The first-order chi connectivity index (χ1) is 25.5. The van der Waals surface area contributed by atoms with Gasteiger partial charge in [0.2, 0.25) is 0 Å². The summed E-state index contributed by atoms with van der Waals surface area (Å²) in [5, 5.41) is 110. The molecule has 1 heterocycles. The lowest BCUT2D eigenvalue weighted by Crippen LogP contribution is -2.62. The van der Waals surface area contributed by atoms with Gasteiger partial charge in [-0.25, -0.2) is 14.4 Å². The highest BCUT2D eigenvalue weighted by molar-refractivity contribution is 5.93. The number of aromatic hydroxyl groups is 10. The fourth-order valence-corrected chi connectivity index (χ4v) is 5.19. The average Bonchev–Trinajstić information content (AvgIpc) is 3.13. The Labute approximate surface area is 302 Å². The van der Waals surface area contributed by atoms with Crippen LogP contribution in [-0.4, -0.2) is 118 Å². The molecule has 0 radical (unpaired) electrons. The second-order valence-corrected chi connectivity index (χ2v) is 11.7. The molecule has 4 aromatic rings. The molecule has 0 unspecified atom stereocenters. The molecule has 4 aromatic carbocycles. The van der Waals surface area contributed by atoms with Crippen molar-refractivity contribution in [3.05, 3.63) is 82.9 Å². The van der Waals surface area contributed by atoms with Crippen LogP contribution >= 0.6 is 0 Å². The number of esters is 3. The Kier molecular flexibility index (Phi) is 11.2. The van der Waals surface area contributed by atoms with Gasteiger partial charge in [0.1, 0.15) is 24.6 Å². The number of benzene rings is 4. The predicted molar refractivity (Wildman–Crippen MR) is 175 cm³/mol. The number of carbonyl (C=O) groups is 3. The van der Waals surface area contributed by atoms with Gasteiger partial charge in [0, 0.05) is 0 Å². The zero-order valence-corrected chi connectivity index (χ0v) is 27.5. The van der Waals surface area contributed by atoms with E-state index >= 15 is 0 Å². The lowest BCUT2D eigenvalue weighted by atomic mass is 9.98. The number of ether oxygens (including phenoxy) is 5. The Bertz CT molecular complexity index is 1980. The van der Waals surface area contributed by atoms with Gasteiger partial charge < -0.3 is 79.9 Å². The van der Waals surface area contributed by atoms with Gasteiger partial charge in [-0.1, -0.05) is 12.1 Å². The lowest BCUT2D eigenvalue weighted by Gasteiger charge is -2.43. The number of carbonyl (C=O) groups excluding carboxylic acids is 3. The van der Waals surface area contributed by atoms with E-state index in [1.165, 1.54) is 12.1 Å². The molecular weight excluding hydrogens is 724 g/mol. The van der Waals surface area contributed by atoms with Crippen LogP contribution in [0, 0.1) is 0 Å². The van der Waals surface area contributed by atoms with Gasteiger partial charge in [-0.2, -0.15) is 0 Å². The van der Waals surface area contributed by atoms with E-state index in [0.717, 1.165) is 12.1 Å². The van der Waals surface area contributed by atoms with Crippen LogP contribution in [0.1, 0.15) is 36.6 Å². The summed E-state index contributed by atoms with van der Waals surface area (Å²) in [4.78, 5) is 39.7. The number of phenolic OH excluding ortho intramolecular Hbond substituents is 10. The van der Waals surface area contributed by atoms with Crippen LogP contribution in [0.15, 0.2) is 60.7 Å². The minimum Gasteiger partial charge on any atom is -0.508 e. The Morgan fingerprint density at radius 2 is 0.981 bits per heavy atom. The molecule has 0 bridgehead atoms. The van der Waals surface area contributed by atoms with E-state index in [1.54, 1.807) is 12.1 Å². The van der Waals surface area contributed by atoms with Gasteiger partial charge in [0.25, 0.3) is 0 Å². The monoisotopic (exact) mass is 756 g/mol. The predicted octanol–water partition coefficient (Wildman–Crippen LogP) is 1.70. The molecule has 286 valence electrons. The highest BCUT2D eigenvalue weighted by atomic mass is 16.7. The SMILES string of the molecule is O=C(OC[C@H]1O[C@@H](OCCc2ccc(O)cc2)[C@H](O)[C@@H](OC(=O)c2cc(O)c(O)c(O)c2)[C@@H]1OC(=O)c1cc(O)c(O)c(O)c1)c1cc(O)c(O)c(O)c1. The largest absolute Gasteiger partial charge is 0.508 e. The Morgan fingerprint density at radius 1 is 0.574 bits per heavy atom. The summed E-state index contributed by atoms with van der Waals surface area (Å²) in [5.41, 5.74) is -0.946. The van der Waals surface area contributed by atoms with Crippen molar-refractivity contribution in [2.45, 2.75) is 37.1 Å². The van der Waals surface area contributed by atoms with Crippen LogP contribution in [0.4, 0.5) is 0 Å². The van der Waals surface area contributed by atoms with Gasteiger partial charge in [0.05, 0.1) is 23.3 Å². The van der Waals surface area contributed by atoms with Crippen LogP contribution in [0.25, 0.3) is 0 Å². The molecule has 5 rings (SSSR count). The van der Waals surface area contributed by atoms with Crippen LogP contribution < -0.4 is 0 Å². The molecule has 0 amide bonds. The first-order valence-electron chi connectivity index (χ1n) is 15.6. The summed E-state index contributed by atoms with van der Waals surface area (Å²) >= 11 is 0. The molecule has 1 aliphatic heterocycles. The Hall–Kier alpha value is -6.83. The van der Waals surface area contributed by atoms with Crippen molar-refractivity contribution in [2.24, 2.45) is 0 Å². The van der Waals surface area contributed by atoms with Crippen molar-refractivity contribution in [1.82, 2.24) is 0 Å². The maximum absolute atomic E-state index is 13.4. The zero-order chi connectivity index (χ0) is 39.4.